The van der Waals surface area contributed by atoms with Gasteiger partial charge >= 0.3 is 13.6 Å². The molecule has 0 aliphatic carbocycles. The number of benzene rings is 1. The topological polar surface area (TPSA) is 46.4 Å². The Hall–Kier alpha value is -2.01. The number of fused-ring (bicyclic) bond motifs is 1. The van der Waals surface area contributed by atoms with Gasteiger partial charge in [-0.15, -0.1) is 9.94 Å². The molecular formula is C17H24BF4N5O. The molecule has 1 aromatic heterocycles. The van der Waals surface area contributed by atoms with E-state index in [1.54, 1.807) is 4.85 Å². The maximum Gasteiger partial charge on any atom is 0.673 e. The normalized spacial score (nSPS) is 19.1. The van der Waals surface area contributed by atoms with Crippen molar-refractivity contribution in [2.24, 2.45) is 0 Å². The van der Waals surface area contributed by atoms with Gasteiger partial charge < -0.3 is 17.3 Å². The van der Waals surface area contributed by atoms with E-state index in [4.69, 9.17) is 4.84 Å². The lowest BCUT2D eigenvalue weighted by Gasteiger charge is -2.28. The van der Waals surface area contributed by atoms with Crippen molar-refractivity contribution < 1.29 is 22.1 Å². The number of nitrogens with zero attached hydrogens (tertiary/aromatic N) is 5. The van der Waals surface area contributed by atoms with Gasteiger partial charge in [-0.3, -0.25) is 0 Å². The number of hydrogen-bond acceptors (Lipinski definition) is 5. The summed E-state index contributed by atoms with van der Waals surface area (Å²) in [6, 6.07) is 7.93. The Labute approximate surface area is 161 Å². The molecule has 2 aromatic rings. The third-order valence-electron chi connectivity index (χ3n) is 4.74. The standard InChI is InChI=1S/C17H24N5O.BF4/c1-5-11-20(12-6-1)17(21-13-7-2-8-14-21)23-22-16-10-4-3-9-15(16)18-19-22;2-1(3,4)5/h3-4,9-10H,1-2,5-8,11-14H2;/q+1;-1. The third-order valence-corrected chi connectivity index (χ3v) is 4.74. The minimum absolute atomic E-state index is 0.865. The van der Waals surface area contributed by atoms with E-state index >= 15 is 0 Å². The van der Waals surface area contributed by atoms with Crippen LogP contribution in [0.15, 0.2) is 24.3 Å². The molecule has 154 valence electrons. The van der Waals surface area contributed by atoms with Crippen molar-refractivity contribution in [1.29, 1.82) is 0 Å². The molecule has 0 bridgehead atoms. The molecule has 1 aromatic carbocycles. The molecule has 0 N–H and O–H groups in total. The molecule has 3 heterocycles. The van der Waals surface area contributed by atoms with E-state index in [1.165, 1.54) is 38.5 Å². The van der Waals surface area contributed by atoms with Gasteiger partial charge in [0.15, 0.2) is 0 Å². The smallest absolute Gasteiger partial charge is 0.418 e. The van der Waals surface area contributed by atoms with E-state index in [0.29, 0.717) is 0 Å². The molecule has 6 nitrogen and oxygen atoms in total. The van der Waals surface area contributed by atoms with Crippen LogP contribution in [0.1, 0.15) is 38.5 Å². The highest BCUT2D eigenvalue weighted by Crippen LogP contribution is 2.24. The predicted octanol–water partition coefficient (Wildman–Crippen LogP) is 3.58. The first-order valence-electron chi connectivity index (χ1n) is 9.65. The molecule has 0 atom stereocenters. The van der Waals surface area contributed by atoms with Gasteiger partial charge in [0.1, 0.15) is 11.0 Å². The fourth-order valence-corrected chi connectivity index (χ4v) is 3.48. The average molecular weight is 401 g/mol. The first-order chi connectivity index (χ1) is 13.4. The summed E-state index contributed by atoms with van der Waals surface area (Å²) in [7, 11) is -6.00. The van der Waals surface area contributed by atoms with E-state index < -0.39 is 7.25 Å². The summed E-state index contributed by atoms with van der Waals surface area (Å²) in [4.78, 5) is 12.6. The third kappa shape index (κ3) is 6.00. The Morgan fingerprint density at radius 3 is 1.86 bits per heavy atom. The summed E-state index contributed by atoms with van der Waals surface area (Å²) in [5.74, 6) is 0. The SMILES string of the molecule is F[B-](F)(F)F.c1ccc2c(c1)nnn2O[C+](N1CCCCC1)N1CCCCC1. The van der Waals surface area contributed by atoms with Crippen molar-refractivity contribution in [2.45, 2.75) is 38.5 Å². The van der Waals surface area contributed by atoms with Crippen molar-refractivity contribution in [3.05, 3.63) is 30.6 Å². The number of likely N-dealkylation sites (tertiary alicyclic amines) is 2. The fraction of sp³-hybridized carbons (Fsp3) is 0.588. The molecular weight excluding hydrogens is 377 g/mol. The zero-order chi connectivity index (χ0) is 20.0. The first-order valence-corrected chi connectivity index (χ1v) is 9.65. The molecule has 0 saturated carbocycles. The second-order valence-corrected chi connectivity index (χ2v) is 6.92. The van der Waals surface area contributed by atoms with E-state index in [-0.39, 0.29) is 0 Å². The monoisotopic (exact) mass is 401 g/mol. The van der Waals surface area contributed by atoms with Crippen LogP contribution in [0.5, 0.6) is 0 Å². The molecule has 2 aliphatic heterocycles. The van der Waals surface area contributed by atoms with Crippen molar-refractivity contribution in [3.8, 4) is 0 Å². The Morgan fingerprint density at radius 1 is 0.821 bits per heavy atom. The maximum atomic E-state index is 9.75. The van der Waals surface area contributed by atoms with E-state index in [2.05, 4.69) is 20.1 Å². The van der Waals surface area contributed by atoms with Gasteiger partial charge in [-0.2, -0.15) is 0 Å². The molecule has 0 amide bonds. The van der Waals surface area contributed by atoms with Crippen molar-refractivity contribution >= 4 is 18.3 Å². The maximum absolute atomic E-state index is 9.75. The lowest BCUT2D eigenvalue weighted by Crippen LogP contribution is -2.50. The zero-order valence-corrected chi connectivity index (χ0v) is 15.6. The Morgan fingerprint density at radius 2 is 1.32 bits per heavy atom. The van der Waals surface area contributed by atoms with Gasteiger partial charge in [-0.1, -0.05) is 34.8 Å². The molecule has 28 heavy (non-hydrogen) atoms. The van der Waals surface area contributed by atoms with Crippen LogP contribution in [0.3, 0.4) is 0 Å². The summed E-state index contributed by atoms with van der Waals surface area (Å²) >= 11 is 0. The van der Waals surface area contributed by atoms with Crippen molar-refractivity contribution in [1.82, 2.24) is 25.0 Å². The molecule has 2 fully saturated rings. The average Bonchev–Trinajstić information content (AvgIpc) is 3.09. The molecule has 2 aliphatic rings. The van der Waals surface area contributed by atoms with Crippen LogP contribution < -0.4 is 4.84 Å². The van der Waals surface area contributed by atoms with Crippen molar-refractivity contribution in [3.63, 3.8) is 0 Å². The first kappa shape index (κ1) is 20.7. The molecule has 11 heteroatoms. The van der Waals surface area contributed by atoms with Gasteiger partial charge in [0, 0.05) is 26.2 Å². The molecule has 0 radical (unpaired) electrons. The summed E-state index contributed by atoms with van der Waals surface area (Å²) in [6.45, 7) is 4.27. The number of rotatable bonds is 4. The minimum Gasteiger partial charge on any atom is -0.418 e. The fourth-order valence-electron chi connectivity index (χ4n) is 3.48. The number of hydrogen-bond donors (Lipinski definition) is 0. The van der Waals surface area contributed by atoms with Gasteiger partial charge in [0.05, 0.1) is 0 Å². The number of aromatic nitrogens is 3. The summed E-state index contributed by atoms with van der Waals surface area (Å²) in [5.41, 5.74) is 1.78. The Kier molecular flexibility index (Phi) is 7.00. The van der Waals surface area contributed by atoms with E-state index in [1.807, 2.05) is 24.3 Å². The van der Waals surface area contributed by atoms with Gasteiger partial charge in [-0.25, -0.2) is 0 Å². The largest absolute Gasteiger partial charge is 0.673 e. The second kappa shape index (κ2) is 9.46. The lowest BCUT2D eigenvalue weighted by atomic mass is 10.1. The van der Waals surface area contributed by atoms with Crippen LogP contribution in [0.25, 0.3) is 11.0 Å². The Balaban J connectivity index is 0.000000403. The highest BCUT2D eigenvalue weighted by atomic mass is 19.5. The quantitative estimate of drug-likeness (QED) is 0.445. The molecule has 0 unspecified atom stereocenters. The summed E-state index contributed by atoms with van der Waals surface area (Å²) in [5, 5.41) is 8.39. The van der Waals surface area contributed by atoms with Crippen molar-refractivity contribution in [2.75, 3.05) is 26.2 Å². The van der Waals surface area contributed by atoms with Crippen LogP contribution in [0.2, 0.25) is 0 Å². The van der Waals surface area contributed by atoms with Gasteiger partial charge in [-0.05, 0) is 47.9 Å². The summed E-state index contributed by atoms with van der Waals surface area (Å²) in [6.07, 6.45) is 8.53. The molecule has 2 saturated heterocycles. The summed E-state index contributed by atoms with van der Waals surface area (Å²) < 4.78 is 39.0. The van der Waals surface area contributed by atoms with Crippen LogP contribution in [0, 0.1) is 6.35 Å². The number of para-hydroxylation sites is 1. The van der Waals surface area contributed by atoms with Crippen LogP contribution >= 0.6 is 0 Å². The molecule has 0 spiro atoms. The minimum atomic E-state index is -6.00. The van der Waals surface area contributed by atoms with Gasteiger partial charge in [0.2, 0.25) is 0 Å². The lowest BCUT2D eigenvalue weighted by molar-refractivity contribution is -0.0817. The Bertz CT molecular complexity index is 708. The van der Waals surface area contributed by atoms with E-state index in [0.717, 1.165) is 43.6 Å². The molecule has 4 rings (SSSR count). The van der Waals surface area contributed by atoms with E-state index in [9.17, 15) is 17.3 Å². The highest BCUT2D eigenvalue weighted by molar-refractivity contribution is 6.50. The predicted molar refractivity (Wildman–Crippen MR) is 98.4 cm³/mol. The second-order valence-electron chi connectivity index (χ2n) is 6.92. The van der Waals surface area contributed by atoms with Crippen LogP contribution in [0.4, 0.5) is 17.3 Å². The highest BCUT2D eigenvalue weighted by Gasteiger charge is 2.45. The number of piperidine rings is 2. The van der Waals surface area contributed by atoms with Gasteiger partial charge in [0.25, 0.3) is 0 Å². The number of halogens is 4. The van der Waals surface area contributed by atoms with Crippen LogP contribution in [-0.4, -0.2) is 58.4 Å². The zero-order valence-electron chi connectivity index (χ0n) is 15.6. The van der Waals surface area contributed by atoms with Crippen LogP contribution in [-0.2, 0) is 0 Å².